The fraction of sp³-hybridized carbons (Fsp3) is 0.889. The molecule has 0 radical (unpaired) electrons. The average Bonchev–Trinajstić information content (AvgIpc) is 2.14. The third-order valence-corrected chi connectivity index (χ3v) is 3.14. The number of nitrogens with two attached hydrogens (primary N) is 2. The highest BCUT2D eigenvalue weighted by molar-refractivity contribution is 5.92. The Bertz CT molecular complexity index is 208. The van der Waals surface area contributed by atoms with Crippen LogP contribution >= 0.6 is 0 Å². The molecule has 4 heteroatoms. The molecule has 0 aromatic rings. The molecule has 3 unspecified atom stereocenters. The molecule has 76 valence electrons. The molecule has 0 heterocycles. The quantitative estimate of drug-likeness (QED) is 0.539. The van der Waals surface area contributed by atoms with E-state index in [0.29, 0.717) is 13.0 Å². The van der Waals surface area contributed by atoms with Crippen molar-refractivity contribution in [2.75, 3.05) is 13.1 Å². The largest absolute Gasteiger partial charge is 0.388 e. The minimum Gasteiger partial charge on any atom is -0.388 e. The molecule has 1 saturated carbocycles. The standard InChI is InChI=1S/C9H18N2O2/c1-6-8(12)7(5-11)9(6,13)3-2-4-10/h6-7,13H,2-5,10-11H2,1H3. The van der Waals surface area contributed by atoms with Gasteiger partial charge < -0.3 is 16.6 Å². The van der Waals surface area contributed by atoms with Gasteiger partial charge in [-0.1, -0.05) is 6.92 Å². The normalized spacial score (nSPS) is 38.9. The Labute approximate surface area is 78.3 Å². The third-order valence-electron chi connectivity index (χ3n) is 3.14. The molecule has 1 fully saturated rings. The summed E-state index contributed by atoms with van der Waals surface area (Å²) in [5, 5.41) is 10.1. The molecular weight excluding hydrogens is 168 g/mol. The van der Waals surface area contributed by atoms with Crippen LogP contribution in [0.5, 0.6) is 0 Å². The van der Waals surface area contributed by atoms with Crippen LogP contribution in [0, 0.1) is 11.8 Å². The van der Waals surface area contributed by atoms with E-state index in [4.69, 9.17) is 11.5 Å². The van der Waals surface area contributed by atoms with Crippen LogP contribution in [0.1, 0.15) is 19.8 Å². The molecule has 4 nitrogen and oxygen atoms in total. The lowest BCUT2D eigenvalue weighted by Crippen LogP contribution is -2.64. The van der Waals surface area contributed by atoms with Crippen LogP contribution in [0.15, 0.2) is 0 Å². The topological polar surface area (TPSA) is 89.3 Å². The van der Waals surface area contributed by atoms with Crippen molar-refractivity contribution in [2.24, 2.45) is 23.3 Å². The lowest BCUT2D eigenvalue weighted by molar-refractivity contribution is -0.175. The Morgan fingerprint density at radius 2 is 2.15 bits per heavy atom. The summed E-state index contributed by atoms with van der Waals surface area (Å²) in [5.41, 5.74) is 9.89. The molecule has 5 N–H and O–H groups in total. The molecule has 0 bridgehead atoms. The summed E-state index contributed by atoms with van der Waals surface area (Å²) in [7, 11) is 0. The van der Waals surface area contributed by atoms with Gasteiger partial charge in [-0.25, -0.2) is 0 Å². The molecule has 13 heavy (non-hydrogen) atoms. The van der Waals surface area contributed by atoms with Gasteiger partial charge in [-0.2, -0.15) is 0 Å². The molecule has 1 rings (SSSR count). The van der Waals surface area contributed by atoms with Gasteiger partial charge in [0.25, 0.3) is 0 Å². The van der Waals surface area contributed by atoms with Crippen LogP contribution in [-0.4, -0.2) is 29.6 Å². The number of carbonyl (C=O) groups is 1. The van der Waals surface area contributed by atoms with E-state index in [1.54, 1.807) is 6.92 Å². The second-order valence-corrected chi connectivity index (χ2v) is 3.80. The molecule has 0 saturated heterocycles. The zero-order chi connectivity index (χ0) is 10.1. The number of hydrogen-bond donors (Lipinski definition) is 3. The molecule has 0 amide bonds. The second-order valence-electron chi connectivity index (χ2n) is 3.80. The molecule has 0 aromatic heterocycles. The highest BCUT2D eigenvalue weighted by Crippen LogP contribution is 2.43. The summed E-state index contributed by atoms with van der Waals surface area (Å²) in [6.07, 6.45) is 1.32. The smallest absolute Gasteiger partial charge is 0.145 e. The highest BCUT2D eigenvalue weighted by Gasteiger charge is 2.57. The van der Waals surface area contributed by atoms with E-state index < -0.39 is 5.60 Å². The van der Waals surface area contributed by atoms with Gasteiger partial charge in [0.15, 0.2) is 0 Å². The first-order chi connectivity index (χ1) is 6.07. The first kappa shape index (κ1) is 10.6. The molecule has 3 atom stereocenters. The van der Waals surface area contributed by atoms with Crippen molar-refractivity contribution in [3.8, 4) is 0 Å². The van der Waals surface area contributed by atoms with Gasteiger partial charge in [0.2, 0.25) is 0 Å². The number of Topliss-reactive ketones (excluding diaryl/α,β-unsaturated/α-hetero) is 1. The maximum Gasteiger partial charge on any atom is 0.145 e. The number of carbonyl (C=O) groups excluding carboxylic acids is 1. The van der Waals surface area contributed by atoms with Crippen LogP contribution in [0.25, 0.3) is 0 Å². The van der Waals surface area contributed by atoms with Crippen LogP contribution in [-0.2, 0) is 4.79 Å². The van der Waals surface area contributed by atoms with Gasteiger partial charge in [0, 0.05) is 12.5 Å². The van der Waals surface area contributed by atoms with Gasteiger partial charge in [0.05, 0.1) is 11.5 Å². The predicted molar refractivity (Wildman–Crippen MR) is 50.0 cm³/mol. The lowest BCUT2D eigenvalue weighted by Gasteiger charge is -2.49. The third kappa shape index (κ3) is 1.49. The highest BCUT2D eigenvalue weighted by atomic mass is 16.3. The monoisotopic (exact) mass is 186 g/mol. The number of aliphatic hydroxyl groups is 1. The predicted octanol–water partition coefficient (Wildman–Crippen LogP) is -0.750. The number of ketones is 1. The fourth-order valence-electron chi connectivity index (χ4n) is 2.10. The van der Waals surface area contributed by atoms with Crippen LogP contribution in [0.3, 0.4) is 0 Å². The molecule has 0 aromatic carbocycles. The van der Waals surface area contributed by atoms with E-state index in [1.165, 1.54) is 0 Å². The number of hydrogen-bond acceptors (Lipinski definition) is 4. The van der Waals surface area contributed by atoms with Gasteiger partial charge in [-0.15, -0.1) is 0 Å². The zero-order valence-electron chi connectivity index (χ0n) is 7.99. The minimum atomic E-state index is -0.884. The summed E-state index contributed by atoms with van der Waals surface area (Å²) in [6.45, 7) is 2.54. The van der Waals surface area contributed by atoms with Crippen molar-refractivity contribution in [1.82, 2.24) is 0 Å². The first-order valence-electron chi connectivity index (χ1n) is 4.74. The average molecular weight is 186 g/mol. The van der Waals surface area contributed by atoms with Crippen molar-refractivity contribution >= 4 is 5.78 Å². The van der Waals surface area contributed by atoms with E-state index in [2.05, 4.69) is 0 Å². The van der Waals surface area contributed by atoms with Crippen LogP contribution < -0.4 is 11.5 Å². The maximum absolute atomic E-state index is 11.3. The van der Waals surface area contributed by atoms with E-state index >= 15 is 0 Å². The summed E-state index contributed by atoms with van der Waals surface area (Å²) in [4.78, 5) is 11.3. The van der Waals surface area contributed by atoms with E-state index in [0.717, 1.165) is 6.42 Å². The maximum atomic E-state index is 11.3. The van der Waals surface area contributed by atoms with Gasteiger partial charge >= 0.3 is 0 Å². The Morgan fingerprint density at radius 3 is 2.62 bits per heavy atom. The van der Waals surface area contributed by atoms with Crippen molar-refractivity contribution in [2.45, 2.75) is 25.4 Å². The Hall–Kier alpha value is -0.450. The van der Waals surface area contributed by atoms with E-state index in [-0.39, 0.29) is 24.2 Å². The summed E-state index contributed by atoms with van der Waals surface area (Å²) >= 11 is 0. The molecule has 0 spiro atoms. The van der Waals surface area contributed by atoms with Crippen molar-refractivity contribution in [3.63, 3.8) is 0 Å². The Morgan fingerprint density at radius 1 is 1.54 bits per heavy atom. The zero-order valence-corrected chi connectivity index (χ0v) is 7.99. The fourth-order valence-corrected chi connectivity index (χ4v) is 2.10. The molecule has 0 aliphatic heterocycles. The van der Waals surface area contributed by atoms with E-state index in [9.17, 15) is 9.90 Å². The number of rotatable bonds is 4. The van der Waals surface area contributed by atoms with Gasteiger partial charge in [0.1, 0.15) is 5.78 Å². The van der Waals surface area contributed by atoms with E-state index in [1.807, 2.05) is 0 Å². The first-order valence-corrected chi connectivity index (χ1v) is 4.74. The molecular formula is C9H18N2O2. The lowest BCUT2D eigenvalue weighted by atomic mass is 9.59. The van der Waals surface area contributed by atoms with Gasteiger partial charge in [-0.05, 0) is 19.4 Å². The van der Waals surface area contributed by atoms with Crippen molar-refractivity contribution in [1.29, 1.82) is 0 Å². The summed E-state index contributed by atoms with van der Waals surface area (Å²) in [6, 6.07) is 0. The van der Waals surface area contributed by atoms with Crippen molar-refractivity contribution in [3.05, 3.63) is 0 Å². The SMILES string of the molecule is CC1C(=O)C(CN)C1(O)CCCN. The molecule has 1 aliphatic carbocycles. The second kappa shape index (κ2) is 3.74. The van der Waals surface area contributed by atoms with Crippen LogP contribution in [0.4, 0.5) is 0 Å². The van der Waals surface area contributed by atoms with Gasteiger partial charge in [-0.3, -0.25) is 4.79 Å². The minimum absolute atomic E-state index is 0.0852. The van der Waals surface area contributed by atoms with Crippen LogP contribution in [0.2, 0.25) is 0 Å². The molecule has 1 aliphatic rings. The summed E-state index contributed by atoms with van der Waals surface area (Å²) < 4.78 is 0. The summed E-state index contributed by atoms with van der Waals surface area (Å²) in [5.74, 6) is -0.552. The Kier molecular flexibility index (Phi) is 3.05. The Balaban J connectivity index is 2.60. The van der Waals surface area contributed by atoms with Crippen molar-refractivity contribution < 1.29 is 9.90 Å².